The number of hydrogen-bond donors (Lipinski definition) is 2. The van der Waals surface area contributed by atoms with E-state index in [1.165, 1.54) is 0 Å². The van der Waals surface area contributed by atoms with Gasteiger partial charge in [0.25, 0.3) is 0 Å². The Morgan fingerprint density at radius 3 is 2.26 bits per heavy atom. The van der Waals surface area contributed by atoms with Gasteiger partial charge in [0.05, 0.1) is 20.8 Å². The van der Waals surface area contributed by atoms with E-state index in [-0.39, 0.29) is 12.1 Å². The third-order valence-corrected chi connectivity index (χ3v) is 2.93. The zero-order valence-electron chi connectivity index (χ0n) is 11.9. The fraction of sp³-hybridized carbons (Fsp3) is 0.571. The van der Waals surface area contributed by atoms with Crippen LogP contribution in [0.25, 0.3) is 0 Å². The normalized spacial score (nSPS) is 13.9. The molecular formula is C14H24N2O3. The summed E-state index contributed by atoms with van der Waals surface area (Å²) in [5, 5.41) is 0. The van der Waals surface area contributed by atoms with Crippen molar-refractivity contribution in [2.75, 3.05) is 27.9 Å². The van der Waals surface area contributed by atoms with Gasteiger partial charge >= 0.3 is 0 Å². The second-order valence-electron chi connectivity index (χ2n) is 4.60. The van der Waals surface area contributed by atoms with Gasteiger partial charge in [0.2, 0.25) is 0 Å². The molecule has 2 unspecified atom stereocenters. The Balaban J connectivity index is 2.61. The lowest BCUT2D eigenvalue weighted by molar-refractivity contribution is 0.174. The predicted molar refractivity (Wildman–Crippen MR) is 75.7 cm³/mol. The molecule has 0 aliphatic rings. The number of nitrogens with two attached hydrogens (primary N) is 2. The van der Waals surface area contributed by atoms with Gasteiger partial charge in [-0.1, -0.05) is 6.07 Å². The van der Waals surface area contributed by atoms with Crippen LogP contribution in [0.1, 0.15) is 12.0 Å². The largest absolute Gasteiger partial charge is 0.493 e. The van der Waals surface area contributed by atoms with Crippen LogP contribution in [-0.2, 0) is 11.2 Å². The summed E-state index contributed by atoms with van der Waals surface area (Å²) in [7, 11) is 4.88. The molecule has 2 atom stereocenters. The highest BCUT2D eigenvalue weighted by Crippen LogP contribution is 2.28. The van der Waals surface area contributed by atoms with E-state index >= 15 is 0 Å². The van der Waals surface area contributed by atoms with Gasteiger partial charge in [0.1, 0.15) is 0 Å². The summed E-state index contributed by atoms with van der Waals surface area (Å²) < 4.78 is 15.5. The molecule has 0 radical (unpaired) electrons. The summed E-state index contributed by atoms with van der Waals surface area (Å²) in [5.41, 5.74) is 13.1. The molecule has 0 saturated heterocycles. The predicted octanol–water partition coefficient (Wildman–Crippen LogP) is 0.937. The molecule has 0 saturated carbocycles. The first-order valence-electron chi connectivity index (χ1n) is 6.31. The van der Waals surface area contributed by atoms with E-state index in [0.717, 1.165) is 24.2 Å². The third-order valence-electron chi connectivity index (χ3n) is 2.93. The van der Waals surface area contributed by atoms with E-state index < -0.39 is 0 Å². The van der Waals surface area contributed by atoms with Gasteiger partial charge in [-0.2, -0.15) is 0 Å². The molecule has 0 bridgehead atoms. The molecule has 5 nitrogen and oxygen atoms in total. The molecule has 0 aliphatic heterocycles. The Hall–Kier alpha value is -1.30. The van der Waals surface area contributed by atoms with Crippen molar-refractivity contribution in [1.29, 1.82) is 0 Å². The van der Waals surface area contributed by atoms with Crippen LogP contribution in [0.2, 0.25) is 0 Å². The summed E-state index contributed by atoms with van der Waals surface area (Å²) in [6.45, 7) is 0.527. The summed E-state index contributed by atoms with van der Waals surface area (Å²) >= 11 is 0. The lowest BCUT2D eigenvalue weighted by atomic mass is 10.0. The molecule has 0 spiro atoms. The average Bonchev–Trinajstić information content (AvgIpc) is 2.38. The summed E-state index contributed by atoms with van der Waals surface area (Å²) in [6.07, 6.45) is 1.47. The third kappa shape index (κ3) is 5.06. The maximum atomic E-state index is 6.09. The molecule has 1 rings (SSSR count). The molecule has 19 heavy (non-hydrogen) atoms. The van der Waals surface area contributed by atoms with Crippen molar-refractivity contribution in [2.24, 2.45) is 11.5 Å². The van der Waals surface area contributed by atoms with Crippen LogP contribution >= 0.6 is 0 Å². The summed E-state index contributed by atoms with van der Waals surface area (Å²) in [5.74, 6) is 1.43. The first kappa shape index (κ1) is 15.8. The van der Waals surface area contributed by atoms with E-state index in [1.54, 1.807) is 21.3 Å². The minimum absolute atomic E-state index is 0.00301. The second kappa shape index (κ2) is 7.99. The smallest absolute Gasteiger partial charge is 0.160 e. The van der Waals surface area contributed by atoms with E-state index in [4.69, 9.17) is 25.7 Å². The van der Waals surface area contributed by atoms with Crippen molar-refractivity contribution in [1.82, 2.24) is 0 Å². The Kier molecular flexibility index (Phi) is 6.62. The van der Waals surface area contributed by atoms with Crippen molar-refractivity contribution < 1.29 is 14.2 Å². The van der Waals surface area contributed by atoms with Crippen LogP contribution in [0.15, 0.2) is 18.2 Å². The van der Waals surface area contributed by atoms with Crippen LogP contribution in [0.4, 0.5) is 0 Å². The molecule has 108 valence electrons. The standard InChI is InChI=1S/C14H24N2O3/c1-17-9-12(16)8-11(15)6-10-4-5-13(18-2)14(7-10)19-3/h4-5,7,11-12H,6,8-9,15-16H2,1-3H3. The molecular weight excluding hydrogens is 244 g/mol. The van der Waals surface area contributed by atoms with E-state index in [9.17, 15) is 0 Å². The topological polar surface area (TPSA) is 79.7 Å². The van der Waals surface area contributed by atoms with Gasteiger partial charge in [-0.3, -0.25) is 0 Å². The van der Waals surface area contributed by atoms with Gasteiger partial charge in [0.15, 0.2) is 11.5 Å². The van der Waals surface area contributed by atoms with Crippen molar-refractivity contribution >= 4 is 0 Å². The SMILES string of the molecule is COCC(N)CC(N)Cc1ccc(OC)c(OC)c1. The zero-order chi connectivity index (χ0) is 14.3. The molecule has 5 heteroatoms. The minimum Gasteiger partial charge on any atom is -0.493 e. The molecule has 0 amide bonds. The lowest BCUT2D eigenvalue weighted by Crippen LogP contribution is -2.35. The number of rotatable bonds is 8. The van der Waals surface area contributed by atoms with Gasteiger partial charge in [0, 0.05) is 19.2 Å². The van der Waals surface area contributed by atoms with Crippen molar-refractivity contribution in [2.45, 2.75) is 24.9 Å². The minimum atomic E-state index is -0.0276. The molecule has 4 N–H and O–H groups in total. The number of benzene rings is 1. The maximum absolute atomic E-state index is 6.09. The first-order valence-corrected chi connectivity index (χ1v) is 6.31. The maximum Gasteiger partial charge on any atom is 0.160 e. The zero-order valence-corrected chi connectivity index (χ0v) is 11.9. The summed E-state index contributed by atoms with van der Waals surface area (Å²) in [6, 6.07) is 5.79. The molecule has 0 aromatic heterocycles. The fourth-order valence-corrected chi connectivity index (χ4v) is 2.06. The number of hydrogen-bond acceptors (Lipinski definition) is 5. The monoisotopic (exact) mass is 268 g/mol. The highest BCUT2D eigenvalue weighted by molar-refractivity contribution is 5.43. The highest BCUT2D eigenvalue weighted by atomic mass is 16.5. The Labute approximate surface area is 114 Å². The molecule has 0 heterocycles. The van der Waals surface area contributed by atoms with Gasteiger partial charge in [-0.15, -0.1) is 0 Å². The van der Waals surface area contributed by atoms with Crippen molar-refractivity contribution in [3.05, 3.63) is 23.8 Å². The summed E-state index contributed by atoms with van der Waals surface area (Å²) in [4.78, 5) is 0. The van der Waals surface area contributed by atoms with Crippen LogP contribution < -0.4 is 20.9 Å². The first-order chi connectivity index (χ1) is 9.10. The van der Waals surface area contributed by atoms with Gasteiger partial charge in [-0.05, 0) is 30.5 Å². The Bertz CT molecular complexity index is 385. The van der Waals surface area contributed by atoms with Crippen LogP contribution in [0.5, 0.6) is 11.5 Å². The molecule has 1 aromatic carbocycles. The fourth-order valence-electron chi connectivity index (χ4n) is 2.06. The van der Waals surface area contributed by atoms with Crippen LogP contribution in [0, 0.1) is 0 Å². The Morgan fingerprint density at radius 1 is 1.00 bits per heavy atom. The van der Waals surface area contributed by atoms with Crippen LogP contribution in [0.3, 0.4) is 0 Å². The second-order valence-corrected chi connectivity index (χ2v) is 4.60. The molecule has 1 aromatic rings. The number of methoxy groups -OCH3 is 3. The quantitative estimate of drug-likeness (QED) is 0.733. The van der Waals surface area contributed by atoms with E-state index in [0.29, 0.717) is 12.4 Å². The number of ether oxygens (including phenoxy) is 3. The van der Waals surface area contributed by atoms with E-state index in [1.807, 2.05) is 18.2 Å². The molecule has 0 aliphatic carbocycles. The van der Waals surface area contributed by atoms with Crippen LogP contribution in [-0.4, -0.2) is 40.0 Å². The molecule has 0 fully saturated rings. The van der Waals surface area contributed by atoms with Gasteiger partial charge < -0.3 is 25.7 Å². The Morgan fingerprint density at radius 2 is 1.68 bits per heavy atom. The highest BCUT2D eigenvalue weighted by Gasteiger charge is 2.12. The average molecular weight is 268 g/mol. The van der Waals surface area contributed by atoms with Crippen molar-refractivity contribution in [3.8, 4) is 11.5 Å². The van der Waals surface area contributed by atoms with Crippen molar-refractivity contribution in [3.63, 3.8) is 0 Å². The van der Waals surface area contributed by atoms with E-state index in [2.05, 4.69) is 0 Å². The lowest BCUT2D eigenvalue weighted by Gasteiger charge is -2.17. The van der Waals surface area contributed by atoms with Gasteiger partial charge in [-0.25, -0.2) is 0 Å².